The predicted octanol–water partition coefficient (Wildman–Crippen LogP) is 0.932. The van der Waals surface area contributed by atoms with E-state index in [1.54, 1.807) is 17.5 Å². The quantitative estimate of drug-likeness (QED) is 0.613. The Morgan fingerprint density at radius 3 is 2.88 bits per heavy atom. The molecule has 0 spiro atoms. The van der Waals surface area contributed by atoms with Gasteiger partial charge >= 0.3 is 0 Å². The first-order valence-electron chi connectivity index (χ1n) is 5.05. The van der Waals surface area contributed by atoms with Gasteiger partial charge in [0, 0.05) is 36.9 Å². The van der Waals surface area contributed by atoms with E-state index in [4.69, 9.17) is 5.84 Å². The molecule has 0 fully saturated rings. The number of nitrogens with zero attached hydrogens (tertiary/aromatic N) is 3. The number of hydrogen-bond donors (Lipinski definition) is 2. The molecule has 6 heteroatoms. The van der Waals surface area contributed by atoms with Crippen LogP contribution in [0.4, 0.5) is 0 Å². The SMILES string of the molecule is Cc1ncc(C(Cc2nccn2C)NN)s1. The Morgan fingerprint density at radius 2 is 2.38 bits per heavy atom. The second kappa shape index (κ2) is 4.73. The van der Waals surface area contributed by atoms with Crippen LogP contribution in [-0.2, 0) is 13.5 Å². The topological polar surface area (TPSA) is 68.8 Å². The summed E-state index contributed by atoms with van der Waals surface area (Å²) in [7, 11) is 1.98. The molecule has 16 heavy (non-hydrogen) atoms. The van der Waals surface area contributed by atoms with Crippen molar-refractivity contribution >= 4 is 11.3 Å². The molecule has 3 N–H and O–H groups in total. The maximum atomic E-state index is 5.57. The minimum absolute atomic E-state index is 0.0762. The molecule has 2 rings (SSSR count). The summed E-state index contributed by atoms with van der Waals surface area (Å²) in [5.74, 6) is 6.58. The van der Waals surface area contributed by atoms with E-state index < -0.39 is 0 Å². The van der Waals surface area contributed by atoms with Gasteiger partial charge < -0.3 is 4.57 Å². The van der Waals surface area contributed by atoms with Crippen molar-refractivity contribution in [3.05, 3.63) is 34.3 Å². The van der Waals surface area contributed by atoms with Crippen molar-refractivity contribution in [1.29, 1.82) is 0 Å². The first kappa shape index (κ1) is 11.3. The molecule has 0 radical (unpaired) electrons. The van der Waals surface area contributed by atoms with Crippen LogP contribution >= 0.6 is 11.3 Å². The van der Waals surface area contributed by atoms with Crippen LogP contribution in [-0.4, -0.2) is 14.5 Å². The largest absolute Gasteiger partial charge is 0.338 e. The summed E-state index contributed by atoms with van der Waals surface area (Å²) in [5.41, 5.74) is 2.81. The van der Waals surface area contributed by atoms with E-state index in [0.29, 0.717) is 0 Å². The van der Waals surface area contributed by atoms with Gasteiger partial charge in [0.2, 0.25) is 0 Å². The summed E-state index contributed by atoms with van der Waals surface area (Å²) in [6.07, 6.45) is 6.36. The zero-order chi connectivity index (χ0) is 11.5. The van der Waals surface area contributed by atoms with Crippen molar-refractivity contribution < 1.29 is 0 Å². The summed E-state index contributed by atoms with van der Waals surface area (Å²) < 4.78 is 2.00. The molecule has 0 aliphatic rings. The van der Waals surface area contributed by atoms with Gasteiger partial charge in [-0.1, -0.05) is 0 Å². The maximum absolute atomic E-state index is 5.57. The fourth-order valence-electron chi connectivity index (χ4n) is 1.56. The fraction of sp³-hybridized carbons (Fsp3) is 0.400. The number of imidazole rings is 1. The molecule has 1 atom stereocenters. The van der Waals surface area contributed by atoms with Gasteiger partial charge in [0.25, 0.3) is 0 Å². The third kappa shape index (κ3) is 2.29. The Balaban J connectivity index is 2.15. The van der Waals surface area contributed by atoms with Gasteiger partial charge in [-0.25, -0.2) is 9.97 Å². The normalized spacial score (nSPS) is 12.9. The molecular formula is C10H15N5S. The van der Waals surface area contributed by atoms with Gasteiger partial charge in [-0.15, -0.1) is 11.3 Å². The minimum Gasteiger partial charge on any atom is -0.338 e. The molecule has 2 aromatic heterocycles. The molecule has 0 aromatic carbocycles. The van der Waals surface area contributed by atoms with Crippen LogP contribution in [0.15, 0.2) is 18.6 Å². The molecule has 0 aliphatic heterocycles. The highest BCUT2D eigenvalue weighted by molar-refractivity contribution is 7.11. The van der Waals surface area contributed by atoms with Gasteiger partial charge in [0.1, 0.15) is 5.82 Å². The van der Waals surface area contributed by atoms with Crippen LogP contribution in [0.1, 0.15) is 21.8 Å². The van der Waals surface area contributed by atoms with E-state index in [1.807, 2.05) is 30.9 Å². The Morgan fingerprint density at radius 1 is 1.56 bits per heavy atom. The summed E-state index contributed by atoms with van der Waals surface area (Å²) in [6, 6.07) is 0.0762. The number of nitrogens with two attached hydrogens (primary N) is 1. The van der Waals surface area contributed by atoms with Gasteiger partial charge in [-0.3, -0.25) is 11.3 Å². The Hall–Kier alpha value is -1.24. The highest BCUT2D eigenvalue weighted by atomic mass is 32.1. The lowest BCUT2D eigenvalue weighted by Gasteiger charge is -2.13. The van der Waals surface area contributed by atoms with Crippen molar-refractivity contribution in [2.45, 2.75) is 19.4 Å². The summed E-state index contributed by atoms with van der Waals surface area (Å²) in [4.78, 5) is 9.66. The van der Waals surface area contributed by atoms with Crippen LogP contribution in [0.5, 0.6) is 0 Å². The zero-order valence-corrected chi connectivity index (χ0v) is 10.2. The van der Waals surface area contributed by atoms with Gasteiger partial charge in [0.15, 0.2) is 0 Å². The average Bonchev–Trinajstić information content (AvgIpc) is 2.85. The van der Waals surface area contributed by atoms with Crippen molar-refractivity contribution in [2.24, 2.45) is 12.9 Å². The van der Waals surface area contributed by atoms with Crippen molar-refractivity contribution in [2.75, 3.05) is 0 Å². The van der Waals surface area contributed by atoms with Crippen molar-refractivity contribution in [3.63, 3.8) is 0 Å². The number of aryl methyl sites for hydroxylation is 2. The molecule has 0 aliphatic carbocycles. The standard InChI is InChI=1S/C10H15N5S/c1-7-13-6-9(16-7)8(14-11)5-10-12-3-4-15(10)2/h3-4,6,8,14H,5,11H2,1-2H3. The van der Waals surface area contributed by atoms with E-state index in [2.05, 4.69) is 15.4 Å². The average molecular weight is 237 g/mol. The number of rotatable bonds is 4. The first-order chi connectivity index (χ1) is 7.70. The van der Waals surface area contributed by atoms with Crippen LogP contribution in [0, 0.1) is 6.92 Å². The van der Waals surface area contributed by atoms with Gasteiger partial charge in [0.05, 0.1) is 11.0 Å². The van der Waals surface area contributed by atoms with E-state index in [1.165, 1.54) is 0 Å². The lowest BCUT2D eigenvalue weighted by molar-refractivity contribution is 0.537. The monoisotopic (exact) mass is 237 g/mol. The summed E-state index contributed by atoms with van der Waals surface area (Å²) >= 11 is 1.66. The van der Waals surface area contributed by atoms with E-state index in [0.717, 1.165) is 22.1 Å². The van der Waals surface area contributed by atoms with Crippen LogP contribution in [0.3, 0.4) is 0 Å². The third-order valence-corrected chi connectivity index (χ3v) is 3.52. The molecule has 5 nitrogen and oxygen atoms in total. The molecular weight excluding hydrogens is 222 g/mol. The Bertz CT molecular complexity index is 461. The molecule has 2 heterocycles. The molecule has 0 bridgehead atoms. The summed E-state index contributed by atoms with van der Waals surface area (Å²) in [6.45, 7) is 1.99. The second-order valence-electron chi connectivity index (χ2n) is 3.66. The highest BCUT2D eigenvalue weighted by Gasteiger charge is 2.15. The number of hydrogen-bond acceptors (Lipinski definition) is 5. The molecule has 0 saturated carbocycles. The second-order valence-corrected chi connectivity index (χ2v) is 4.93. The van der Waals surface area contributed by atoms with Crippen molar-refractivity contribution in [1.82, 2.24) is 20.0 Å². The molecule has 86 valence electrons. The number of thiazole rings is 1. The summed E-state index contributed by atoms with van der Waals surface area (Å²) in [5, 5.41) is 1.05. The van der Waals surface area contributed by atoms with E-state index >= 15 is 0 Å². The highest BCUT2D eigenvalue weighted by Crippen LogP contribution is 2.22. The predicted molar refractivity (Wildman–Crippen MR) is 63.8 cm³/mol. The van der Waals surface area contributed by atoms with E-state index in [9.17, 15) is 0 Å². The first-order valence-corrected chi connectivity index (χ1v) is 5.87. The van der Waals surface area contributed by atoms with Crippen molar-refractivity contribution in [3.8, 4) is 0 Å². The molecule has 0 amide bonds. The van der Waals surface area contributed by atoms with Crippen LogP contribution < -0.4 is 11.3 Å². The molecule has 2 aromatic rings. The number of nitrogens with one attached hydrogen (secondary N) is 1. The fourth-order valence-corrected chi connectivity index (χ4v) is 2.40. The lowest BCUT2D eigenvalue weighted by Crippen LogP contribution is -2.29. The Kier molecular flexibility index (Phi) is 3.33. The van der Waals surface area contributed by atoms with Gasteiger partial charge in [-0.05, 0) is 6.92 Å². The van der Waals surface area contributed by atoms with Crippen LogP contribution in [0.25, 0.3) is 0 Å². The zero-order valence-electron chi connectivity index (χ0n) is 9.34. The molecule has 0 saturated heterocycles. The van der Waals surface area contributed by atoms with Gasteiger partial charge in [-0.2, -0.15) is 0 Å². The van der Waals surface area contributed by atoms with Crippen LogP contribution in [0.2, 0.25) is 0 Å². The third-order valence-electron chi connectivity index (χ3n) is 2.49. The maximum Gasteiger partial charge on any atom is 0.110 e. The minimum atomic E-state index is 0.0762. The number of aromatic nitrogens is 3. The lowest BCUT2D eigenvalue weighted by atomic mass is 10.2. The smallest absolute Gasteiger partial charge is 0.110 e. The number of hydrazine groups is 1. The van der Waals surface area contributed by atoms with E-state index in [-0.39, 0.29) is 6.04 Å². The molecule has 1 unspecified atom stereocenters. The Labute approximate surface area is 98.3 Å².